The van der Waals surface area contributed by atoms with Crippen LogP contribution >= 0.6 is 0 Å². The summed E-state index contributed by atoms with van der Waals surface area (Å²) in [4.78, 5) is 36.6. The summed E-state index contributed by atoms with van der Waals surface area (Å²) >= 11 is 0. The molecule has 6 heteroatoms. The van der Waals surface area contributed by atoms with Crippen molar-refractivity contribution in [3.05, 3.63) is 71.8 Å². The van der Waals surface area contributed by atoms with Gasteiger partial charge in [0.15, 0.2) is 0 Å². The van der Waals surface area contributed by atoms with Crippen LogP contribution in [0.4, 0.5) is 11.4 Å². The third kappa shape index (κ3) is 4.46. The van der Waals surface area contributed by atoms with E-state index in [9.17, 15) is 19.5 Å². The fraction of sp³-hybridized carbons (Fsp3) is 0.227. The molecule has 0 fully saturated rings. The average Bonchev–Trinajstić information content (AvgIpc) is 2.70. The highest BCUT2D eigenvalue weighted by Gasteiger charge is 2.34. The molecule has 0 saturated carbocycles. The predicted octanol–water partition coefficient (Wildman–Crippen LogP) is 3.85. The lowest BCUT2D eigenvalue weighted by Crippen LogP contribution is -2.34. The van der Waals surface area contributed by atoms with Crippen molar-refractivity contribution in [1.29, 1.82) is 0 Å². The van der Waals surface area contributed by atoms with Crippen LogP contribution in [-0.2, 0) is 9.59 Å². The Kier molecular flexibility index (Phi) is 5.89. The van der Waals surface area contributed by atoms with Crippen LogP contribution in [0.1, 0.15) is 28.8 Å². The molecule has 2 atom stereocenters. The van der Waals surface area contributed by atoms with Crippen molar-refractivity contribution in [1.82, 2.24) is 0 Å². The van der Waals surface area contributed by atoms with Crippen LogP contribution in [0.25, 0.3) is 0 Å². The molecule has 0 bridgehead atoms. The first kappa shape index (κ1) is 19.4. The standard InChI is InChI=1S/C22H22N2O4/c1-14-11-12-15(20(25)23-16-7-3-2-4-8-16)13-19(14)24-21(26)17-9-5-6-10-18(17)22(27)28/h2-8,11-13,17-18H,9-10H2,1H3,(H,23,25)(H,24,26)(H,27,28)/t17-,18-/m0/s1. The van der Waals surface area contributed by atoms with E-state index in [-0.39, 0.29) is 11.8 Å². The third-order valence-corrected chi connectivity index (χ3v) is 4.88. The van der Waals surface area contributed by atoms with Crippen molar-refractivity contribution in [2.24, 2.45) is 11.8 Å². The molecular weight excluding hydrogens is 356 g/mol. The van der Waals surface area contributed by atoms with Crippen LogP contribution in [0.15, 0.2) is 60.7 Å². The summed E-state index contributed by atoms with van der Waals surface area (Å²) in [6.45, 7) is 1.82. The lowest BCUT2D eigenvalue weighted by atomic mass is 9.82. The number of para-hydroxylation sites is 1. The van der Waals surface area contributed by atoms with Crippen LogP contribution in [0.3, 0.4) is 0 Å². The van der Waals surface area contributed by atoms with E-state index in [1.807, 2.05) is 31.2 Å². The number of carboxylic acids is 1. The van der Waals surface area contributed by atoms with Crippen molar-refractivity contribution in [3.63, 3.8) is 0 Å². The smallest absolute Gasteiger partial charge is 0.307 e. The zero-order chi connectivity index (χ0) is 20.1. The van der Waals surface area contributed by atoms with E-state index in [1.54, 1.807) is 36.4 Å². The number of benzene rings is 2. The summed E-state index contributed by atoms with van der Waals surface area (Å²) in [5, 5.41) is 15.0. The van der Waals surface area contributed by atoms with E-state index in [0.717, 1.165) is 5.56 Å². The summed E-state index contributed by atoms with van der Waals surface area (Å²) in [5.41, 5.74) is 2.38. The van der Waals surface area contributed by atoms with Gasteiger partial charge < -0.3 is 15.7 Å². The van der Waals surface area contributed by atoms with E-state index in [2.05, 4.69) is 10.6 Å². The predicted molar refractivity (Wildman–Crippen MR) is 107 cm³/mol. The normalized spacial score (nSPS) is 18.3. The van der Waals surface area contributed by atoms with E-state index in [1.165, 1.54) is 0 Å². The fourth-order valence-corrected chi connectivity index (χ4v) is 3.22. The van der Waals surface area contributed by atoms with Crippen LogP contribution in [-0.4, -0.2) is 22.9 Å². The highest BCUT2D eigenvalue weighted by atomic mass is 16.4. The molecule has 0 radical (unpaired) electrons. The lowest BCUT2D eigenvalue weighted by molar-refractivity contribution is -0.146. The molecule has 1 aliphatic carbocycles. The molecule has 0 aromatic heterocycles. The molecule has 3 rings (SSSR count). The zero-order valence-electron chi connectivity index (χ0n) is 15.5. The minimum atomic E-state index is -0.975. The van der Waals surface area contributed by atoms with Crippen molar-refractivity contribution < 1.29 is 19.5 Å². The molecular formula is C22H22N2O4. The molecule has 0 spiro atoms. The summed E-state index contributed by atoms with van der Waals surface area (Å²) in [6.07, 6.45) is 4.35. The highest BCUT2D eigenvalue weighted by molar-refractivity contribution is 6.05. The molecule has 0 saturated heterocycles. The SMILES string of the molecule is Cc1ccc(C(=O)Nc2ccccc2)cc1NC(=O)[C@H]1CC=CC[C@@H]1C(=O)O. The Morgan fingerprint density at radius 1 is 0.929 bits per heavy atom. The number of hydrogen-bond acceptors (Lipinski definition) is 3. The van der Waals surface area contributed by atoms with Gasteiger partial charge in [-0.05, 0) is 49.6 Å². The van der Waals surface area contributed by atoms with Crippen LogP contribution in [0.5, 0.6) is 0 Å². The van der Waals surface area contributed by atoms with E-state index >= 15 is 0 Å². The molecule has 6 nitrogen and oxygen atoms in total. The lowest BCUT2D eigenvalue weighted by Gasteiger charge is -2.24. The number of anilines is 2. The Bertz CT molecular complexity index is 921. The van der Waals surface area contributed by atoms with Gasteiger partial charge >= 0.3 is 5.97 Å². The molecule has 1 aliphatic rings. The monoisotopic (exact) mass is 378 g/mol. The number of nitrogens with one attached hydrogen (secondary N) is 2. The summed E-state index contributed by atoms with van der Waals surface area (Å²) < 4.78 is 0. The molecule has 0 aliphatic heterocycles. The molecule has 0 heterocycles. The average molecular weight is 378 g/mol. The number of rotatable bonds is 5. The van der Waals surface area contributed by atoms with Gasteiger partial charge in [0, 0.05) is 16.9 Å². The first-order valence-corrected chi connectivity index (χ1v) is 9.11. The molecule has 2 aromatic rings. The van der Waals surface area contributed by atoms with Gasteiger partial charge in [0.05, 0.1) is 11.8 Å². The van der Waals surface area contributed by atoms with Crippen molar-refractivity contribution in [2.45, 2.75) is 19.8 Å². The Morgan fingerprint density at radius 2 is 1.61 bits per heavy atom. The van der Waals surface area contributed by atoms with Gasteiger partial charge in [-0.15, -0.1) is 0 Å². The molecule has 3 N–H and O–H groups in total. The number of aliphatic carboxylic acids is 1. The maximum absolute atomic E-state index is 12.7. The number of allylic oxidation sites excluding steroid dienone is 2. The van der Waals surface area contributed by atoms with E-state index in [4.69, 9.17) is 0 Å². The van der Waals surface area contributed by atoms with Gasteiger partial charge in [-0.2, -0.15) is 0 Å². The minimum absolute atomic E-state index is 0.286. The quantitative estimate of drug-likeness (QED) is 0.689. The second-order valence-corrected chi connectivity index (χ2v) is 6.83. The van der Waals surface area contributed by atoms with Gasteiger partial charge in [0.1, 0.15) is 0 Å². The van der Waals surface area contributed by atoms with Crippen LogP contribution < -0.4 is 10.6 Å². The second kappa shape index (κ2) is 8.52. The number of carboxylic acid groups (broad SMARTS) is 1. The van der Waals surface area contributed by atoms with E-state index in [0.29, 0.717) is 29.8 Å². The topological polar surface area (TPSA) is 95.5 Å². The molecule has 2 aromatic carbocycles. The van der Waals surface area contributed by atoms with Crippen molar-refractivity contribution >= 4 is 29.2 Å². The Balaban J connectivity index is 1.76. The third-order valence-electron chi connectivity index (χ3n) is 4.88. The number of carbonyl (C=O) groups is 3. The maximum Gasteiger partial charge on any atom is 0.307 e. The van der Waals surface area contributed by atoms with Crippen LogP contribution in [0, 0.1) is 18.8 Å². The highest BCUT2D eigenvalue weighted by Crippen LogP contribution is 2.28. The van der Waals surface area contributed by atoms with Gasteiger partial charge in [-0.3, -0.25) is 14.4 Å². The summed E-state index contributed by atoms with van der Waals surface area (Å²) in [6, 6.07) is 14.1. The molecule has 2 amide bonds. The summed E-state index contributed by atoms with van der Waals surface area (Å²) in [5.74, 6) is -2.98. The van der Waals surface area contributed by atoms with Crippen molar-refractivity contribution in [3.8, 4) is 0 Å². The van der Waals surface area contributed by atoms with E-state index < -0.39 is 17.8 Å². The number of amides is 2. The first-order chi connectivity index (χ1) is 13.5. The molecule has 28 heavy (non-hydrogen) atoms. The molecule has 0 unspecified atom stereocenters. The first-order valence-electron chi connectivity index (χ1n) is 9.11. The minimum Gasteiger partial charge on any atom is -0.481 e. The Morgan fingerprint density at radius 3 is 2.29 bits per heavy atom. The fourth-order valence-electron chi connectivity index (χ4n) is 3.22. The van der Waals surface area contributed by atoms with Gasteiger partial charge in [-0.25, -0.2) is 0 Å². The van der Waals surface area contributed by atoms with Gasteiger partial charge in [0.25, 0.3) is 5.91 Å². The maximum atomic E-state index is 12.7. The number of aryl methyl sites for hydroxylation is 1. The zero-order valence-corrected chi connectivity index (χ0v) is 15.5. The van der Waals surface area contributed by atoms with Gasteiger partial charge in [-0.1, -0.05) is 36.4 Å². The van der Waals surface area contributed by atoms with Crippen LogP contribution in [0.2, 0.25) is 0 Å². The Hall–Kier alpha value is -3.41. The summed E-state index contributed by atoms with van der Waals surface area (Å²) in [7, 11) is 0. The van der Waals surface area contributed by atoms with Crippen molar-refractivity contribution in [2.75, 3.05) is 10.6 Å². The molecule has 144 valence electrons. The second-order valence-electron chi connectivity index (χ2n) is 6.83. The largest absolute Gasteiger partial charge is 0.481 e. The number of carbonyl (C=O) groups excluding carboxylic acids is 2. The Labute approximate surface area is 163 Å². The van der Waals surface area contributed by atoms with Gasteiger partial charge in [0.2, 0.25) is 5.91 Å². The number of hydrogen-bond donors (Lipinski definition) is 3.